The van der Waals surface area contributed by atoms with Crippen LogP contribution in [-0.2, 0) is 0 Å². The zero-order chi connectivity index (χ0) is 15.4. The lowest BCUT2D eigenvalue weighted by Crippen LogP contribution is -2.40. The van der Waals surface area contributed by atoms with Crippen molar-refractivity contribution in [3.63, 3.8) is 0 Å². The van der Waals surface area contributed by atoms with Gasteiger partial charge in [0, 0.05) is 27.1 Å². The van der Waals surface area contributed by atoms with Crippen LogP contribution in [0.15, 0.2) is 27.1 Å². The molecule has 4 heteroatoms. The summed E-state index contributed by atoms with van der Waals surface area (Å²) < 4.78 is 1.88. The summed E-state index contributed by atoms with van der Waals surface area (Å²) in [6.45, 7) is 5.30. The van der Waals surface area contributed by atoms with Gasteiger partial charge in [-0.15, -0.1) is 0 Å². The normalized spacial score (nSPS) is 15.7. The summed E-state index contributed by atoms with van der Waals surface area (Å²) in [4.78, 5) is 15.0. The van der Waals surface area contributed by atoms with E-state index in [0.29, 0.717) is 12.0 Å². The second kappa shape index (κ2) is 7.77. The van der Waals surface area contributed by atoms with Gasteiger partial charge in [-0.25, -0.2) is 0 Å². The summed E-state index contributed by atoms with van der Waals surface area (Å²) >= 11 is 6.95. The number of rotatable bonds is 5. The zero-order valence-electron chi connectivity index (χ0n) is 12.7. The summed E-state index contributed by atoms with van der Waals surface area (Å²) in [5, 5.41) is 0. The standard InChI is InChI=1S/C17H23Br2NO/c1-12(2)7-8-20(16-5-3-4-6-16)17(21)13-9-14(18)11-15(19)10-13/h9-12,16H,3-8H2,1-2H3. The highest BCUT2D eigenvalue weighted by Gasteiger charge is 2.27. The average Bonchev–Trinajstić information content (AvgIpc) is 2.91. The summed E-state index contributed by atoms with van der Waals surface area (Å²) in [7, 11) is 0. The quantitative estimate of drug-likeness (QED) is 0.607. The van der Waals surface area contributed by atoms with Crippen LogP contribution in [-0.4, -0.2) is 23.4 Å². The molecule has 0 heterocycles. The minimum atomic E-state index is 0.171. The third-order valence-electron chi connectivity index (χ3n) is 4.08. The van der Waals surface area contributed by atoms with E-state index in [2.05, 4.69) is 50.6 Å². The van der Waals surface area contributed by atoms with Crippen molar-refractivity contribution < 1.29 is 4.79 Å². The predicted molar refractivity (Wildman–Crippen MR) is 94.6 cm³/mol. The summed E-state index contributed by atoms with van der Waals surface area (Å²) in [5.41, 5.74) is 0.770. The Morgan fingerprint density at radius 1 is 1.19 bits per heavy atom. The Bertz CT molecular complexity index is 475. The molecule has 0 aromatic heterocycles. The average molecular weight is 417 g/mol. The van der Waals surface area contributed by atoms with Crippen molar-refractivity contribution in [3.05, 3.63) is 32.7 Å². The van der Waals surface area contributed by atoms with E-state index in [1.54, 1.807) is 0 Å². The first-order chi connectivity index (χ1) is 9.97. The number of carbonyl (C=O) groups is 1. The highest BCUT2D eigenvalue weighted by molar-refractivity contribution is 9.11. The van der Waals surface area contributed by atoms with Crippen LogP contribution in [0.25, 0.3) is 0 Å². The largest absolute Gasteiger partial charge is 0.336 e. The number of nitrogens with zero attached hydrogens (tertiary/aromatic N) is 1. The highest BCUT2D eigenvalue weighted by atomic mass is 79.9. The molecule has 1 aliphatic rings. The Labute approximate surface area is 144 Å². The van der Waals surface area contributed by atoms with E-state index in [1.165, 1.54) is 12.8 Å². The molecule has 0 saturated heterocycles. The van der Waals surface area contributed by atoms with Crippen molar-refractivity contribution in [2.24, 2.45) is 5.92 Å². The lowest BCUT2D eigenvalue weighted by molar-refractivity contribution is 0.0671. The molecule has 1 saturated carbocycles. The molecule has 2 nitrogen and oxygen atoms in total. The number of benzene rings is 1. The van der Waals surface area contributed by atoms with Gasteiger partial charge in [0.15, 0.2) is 0 Å². The van der Waals surface area contributed by atoms with Gasteiger partial charge in [0.1, 0.15) is 0 Å². The fourth-order valence-electron chi connectivity index (χ4n) is 2.91. The molecule has 0 bridgehead atoms. The molecule has 0 aliphatic heterocycles. The van der Waals surface area contributed by atoms with E-state index in [9.17, 15) is 4.79 Å². The van der Waals surface area contributed by atoms with Gasteiger partial charge in [-0.2, -0.15) is 0 Å². The van der Waals surface area contributed by atoms with Crippen LogP contribution in [0.3, 0.4) is 0 Å². The molecule has 1 amide bonds. The van der Waals surface area contributed by atoms with Crippen LogP contribution >= 0.6 is 31.9 Å². The minimum absolute atomic E-state index is 0.171. The molecule has 0 radical (unpaired) electrons. The number of amides is 1. The maximum atomic E-state index is 12.9. The van der Waals surface area contributed by atoms with Crippen LogP contribution in [0.1, 0.15) is 56.3 Å². The van der Waals surface area contributed by atoms with Gasteiger partial charge in [-0.05, 0) is 43.4 Å². The molecule has 0 unspecified atom stereocenters. The zero-order valence-corrected chi connectivity index (χ0v) is 15.9. The predicted octanol–water partition coefficient (Wildman–Crippen LogP) is 5.64. The van der Waals surface area contributed by atoms with Crippen LogP contribution in [0.4, 0.5) is 0 Å². The molecular formula is C17H23Br2NO. The summed E-state index contributed by atoms with van der Waals surface area (Å²) in [6.07, 6.45) is 5.87. The van der Waals surface area contributed by atoms with Crippen molar-refractivity contribution in [2.45, 2.75) is 52.0 Å². The van der Waals surface area contributed by atoms with Crippen LogP contribution in [0.5, 0.6) is 0 Å². The van der Waals surface area contributed by atoms with Gasteiger partial charge in [-0.3, -0.25) is 4.79 Å². The fraction of sp³-hybridized carbons (Fsp3) is 0.588. The van der Waals surface area contributed by atoms with Crippen LogP contribution < -0.4 is 0 Å². The van der Waals surface area contributed by atoms with Crippen molar-refractivity contribution in [2.75, 3.05) is 6.54 Å². The van der Waals surface area contributed by atoms with E-state index >= 15 is 0 Å². The van der Waals surface area contributed by atoms with Crippen molar-refractivity contribution >= 4 is 37.8 Å². The molecule has 1 aliphatic carbocycles. The first kappa shape index (κ1) is 17.0. The topological polar surface area (TPSA) is 20.3 Å². The van der Waals surface area contributed by atoms with E-state index in [-0.39, 0.29) is 5.91 Å². The minimum Gasteiger partial charge on any atom is -0.336 e. The van der Waals surface area contributed by atoms with Gasteiger partial charge in [-0.1, -0.05) is 58.5 Å². The van der Waals surface area contributed by atoms with Crippen molar-refractivity contribution in [3.8, 4) is 0 Å². The second-order valence-corrected chi connectivity index (χ2v) is 8.11. The maximum Gasteiger partial charge on any atom is 0.254 e. The van der Waals surface area contributed by atoms with Crippen LogP contribution in [0, 0.1) is 5.92 Å². The first-order valence-corrected chi connectivity index (χ1v) is 9.33. The number of hydrogen-bond donors (Lipinski definition) is 0. The third kappa shape index (κ3) is 4.82. The number of carbonyl (C=O) groups excluding carboxylic acids is 1. The molecule has 2 rings (SSSR count). The van der Waals surface area contributed by atoms with E-state index in [0.717, 1.165) is 40.3 Å². The summed E-state index contributed by atoms with van der Waals surface area (Å²) in [6, 6.07) is 6.23. The van der Waals surface area contributed by atoms with E-state index in [1.807, 2.05) is 18.2 Å². The number of halogens is 2. The molecule has 1 fully saturated rings. The van der Waals surface area contributed by atoms with Gasteiger partial charge in [0.25, 0.3) is 5.91 Å². The molecule has 0 atom stereocenters. The first-order valence-electron chi connectivity index (χ1n) is 7.74. The molecule has 0 spiro atoms. The molecule has 1 aromatic carbocycles. The lowest BCUT2D eigenvalue weighted by atomic mass is 10.1. The Kier molecular flexibility index (Phi) is 6.30. The van der Waals surface area contributed by atoms with Gasteiger partial charge >= 0.3 is 0 Å². The monoisotopic (exact) mass is 415 g/mol. The molecule has 116 valence electrons. The SMILES string of the molecule is CC(C)CCN(C(=O)c1cc(Br)cc(Br)c1)C1CCCC1. The Hall–Kier alpha value is -0.350. The smallest absolute Gasteiger partial charge is 0.254 e. The lowest BCUT2D eigenvalue weighted by Gasteiger charge is -2.30. The Balaban J connectivity index is 2.19. The molecule has 21 heavy (non-hydrogen) atoms. The molecule has 1 aromatic rings. The molecule has 0 N–H and O–H groups in total. The van der Waals surface area contributed by atoms with Crippen molar-refractivity contribution in [1.82, 2.24) is 4.90 Å². The second-order valence-electron chi connectivity index (χ2n) is 6.28. The van der Waals surface area contributed by atoms with Gasteiger partial charge in [0.05, 0.1) is 0 Å². The van der Waals surface area contributed by atoms with E-state index in [4.69, 9.17) is 0 Å². The fourth-order valence-corrected chi connectivity index (χ4v) is 4.20. The molecular weight excluding hydrogens is 394 g/mol. The van der Waals surface area contributed by atoms with E-state index < -0.39 is 0 Å². The number of hydrogen-bond acceptors (Lipinski definition) is 1. The Morgan fingerprint density at radius 3 is 2.29 bits per heavy atom. The van der Waals surface area contributed by atoms with Gasteiger partial charge < -0.3 is 4.90 Å². The Morgan fingerprint density at radius 2 is 1.76 bits per heavy atom. The van der Waals surface area contributed by atoms with Crippen molar-refractivity contribution in [1.29, 1.82) is 0 Å². The summed E-state index contributed by atoms with van der Waals surface area (Å²) in [5.74, 6) is 0.792. The van der Waals surface area contributed by atoms with Crippen LogP contribution in [0.2, 0.25) is 0 Å². The highest BCUT2D eigenvalue weighted by Crippen LogP contribution is 2.27. The maximum absolute atomic E-state index is 12.9. The van der Waals surface area contributed by atoms with Gasteiger partial charge in [0.2, 0.25) is 0 Å². The third-order valence-corrected chi connectivity index (χ3v) is 5.00.